The maximum Gasteiger partial charge on any atom is 0.311 e. The summed E-state index contributed by atoms with van der Waals surface area (Å²) in [7, 11) is 0. The second kappa shape index (κ2) is 3.57. The largest absolute Gasteiger partial charge is 0.481 e. The number of ether oxygens (including phenoxy) is 1. The van der Waals surface area contributed by atoms with Crippen LogP contribution in [0.2, 0.25) is 0 Å². The smallest absolute Gasteiger partial charge is 0.311 e. The molecule has 1 saturated carbocycles. The summed E-state index contributed by atoms with van der Waals surface area (Å²) >= 11 is 0. The molecule has 1 aliphatic carbocycles. The molecule has 2 heterocycles. The number of benzene rings is 1. The van der Waals surface area contributed by atoms with Gasteiger partial charge in [0.25, 0.3) is 0 Å². The number of fused-ring (bicyclic) bond motifs is 3. The second-order valence-corrected chi connectivity index (χ2v) is 5.23. The molecule has 17 heavy (non-hydrogen) atoms. The molecule has 2 saturated heterocycles. The molecular formula is C14H16O3. The van der Waals surface area contributed by atoms with E-state index in [-0.39, 0.29) is 5.60 Å². The molecule has 0 amide bonds. The van der Waals surface area contributed by atoms with E-state index in [2.05, 4.69) is 12.1 Å². The highest BCUT2D eigenvalue weighted by Crippen LogP contribution is 2.53. The van der Waals surface area contributed by atoms with Crippen LogP contribution in [0.1, 0.15) is 31.2 Å². The summed E-state index contributed by atoms with van der Waals surface area (Å²) in [5.41, 5.74) is 0.355. The zero-order valence-corrected chi connectivity index (χ0v) is 9.69. The monoisotopic (exact) mass is 232 g/mol. The van der Waals surface area contributed by atoms with E-state index in [9.17, 15) is 9.90 Å². The number of carboxylic acid groups (broad SMARTS) is 1. The lowest BCUT2D eigenvalue weighted by atomic mass is 9.64. The fraction of sp³-hybridized carbons (Fsp3) is 0.500. The Bertz CT molecular complexity index is 414. The Balaban J connectivity index is 1.89. The van der Waals surface area contributed by atoms with E-state index in [1.807, 2.05) is 18.2 Å². The lowest BCUT2D eigenvalue weighted by Crippen LogP contribution is -2.52. The molecule has 2 aliphatic heterocycles. The lowest BCUT2D eigenvalue weighted by Gasteiger charge is -2.51. The van der Waals surface area contributed by atoms with Gasteiger partial charge in [-0.1, -0.05) is 30.3 Å². The van der Waals surface area contributed by atoms with E-state index in [1.165, 1.54) is 5.56 Å². The summed E-state index contributed by atoms with van der Waals surface area (Å²) in [6, 6.07) is 10.2. The summed E-state index contributed by atoms with van der Waals surface area (Å²) in [6.45, 7) is 0.358. The molecule has 3 fully saturated rings. The molecule has 1 aromatic carbocycles. The van der Waals surface area contributed by atoms with Gasteiger partial charge < -0.3 is 9.84 Å². The standard InChI is InChI=1S/C14H16O3/c15-12(16)13-6-8-14(9-7-13,17-10-13)11-4-2-1-3-5-11/h1-5H,6-10H2,(H,15,16). The average Bonchev–Trinajstić information content (AvgIpc) is 2.42. The number of rotatable bonds is 2. The highest BCUT2D eigenvalue weighted by atomic mass is 16.5. The van der Waals surface area contributed by atoms with Gasteiger partial charge in [0.15, 0.2) is 0 Å². The van der Waals surface area contributed by atoms with Crippen molar-refractivity contribution in [3.8, 4) is 0 Å². The molecule has 3 aliphatic rings. The van der Waals surface area contributed by atoms with Crippen LogP contribution < -0.4 is 0 Å². The van der Waals surface area contributed by atoms with Gasteiger partial charge in [-0.05, 0) is 31.2 Å². The van der Waals surface area contributed by atoms with Gasteiger partial charge in [0.1, 0.15) is 0 Å². The van der Waals surface area contributed by atoms with Gasteiger partial charge in [-0.2, -0.15) is 0 Å². The van der Waals surface area contributed by atoms with Gasteiger partial charge in [0, 0.05) is 0 Å². The zero-order valence-electron chi connectivity index (χ0n) is 9.69. The Morgan fingerprint density at radius 3 is 2.24 bits per heavy atom. The summed E-state index contributed by atoms with van der Waals surface area (Å²) in [4.78, 5) is 11.3. The Morgan fingerprint density at radius 2 is 1.76 bits per heavy atom. The van der Waals surface area contributed by atoms with Crippen molar-refractivity contribution in [2.24, 2.45) is 5.41 Å². The van der Waals surface area contributed by atoms with Crippen molar-refractivity contribution in [3.05, 3.63) is 35.9 Å². The van der Waals surface area contributed by atoms with Crippen molar-refractivity contribution in [2.75, 3.05) is 6.61 Å². The fourth-order valence-corrected chi connectivity index (χ4v) is 3.09. The van der Waals surface area contributed by atoms with Crippen LogP contribution in [0, 0.1) is 5.41 Å². The SMILES string of the molecule is O=C(O)C12CCC(c3ccccc3)(CC1)OC2. The third kappa shape index (κ3) is 1.49. The van der Waals surface area contributed by atoms with E-state index in [0.717, 1.165) is 25.7 Å². The maximum atomic E-state index is 11.3. The Morgan fingerprint density at radius 1 is 1.12 bits per heavy atom. The quantitative estimate of drug-likeness (QED) is 0.852. The molecule has 0 unspecified atom stereocenters. The van der Waals surface area contributed by atoms with E-state index in [1.54, 1.807) is 0 Å². The van der Waals surface area contributed by atoms with E-state index < -0.39 is 11.4 Å². The van der Waals surface area contributed by atoms with Crippen LogP contribution in [0.25, 0.3) is 0 Å². The Hall–Kier alpha value is -1.35. The first-order valence-electron chi connectivity index (χ1n) is 6.10. The summed E-state index contributed by atoms with van der Waals surface area (Å²) in [5.74, 6) is -0.695. The Kier molecular flexibility index (Phi) is 2.26. The zero-order chi connectivity index (χ0) is 11.9. The fourth-order valence-electron chi connectivity index (χ4n) is 3.09. The highest BCUT2D eigenvalue weighted by Gasteiger charge is 2.54. The van der Waals surface area contributed by atoms with Crippen LogP contribution in [-0.2, 0) is 15.1 Å². The third-order valence-corrected chi connectivity index (χ3v) is 4.39. The van der Waals surface area contributed by atoms with Crippen molar-refractivity contribution >= 4 is 5.97 Å². The minimum Gasteiger partial charge on any atom is -0.481 e. The molecule has 0 radical (unpaired) electrons. The van der Waals surface area contributed by atoms with Gasteiger partial charge in [-0.15, -0.1) is 0 Å². The van der Waals surface area contributed by atoms with Gasteiger partial charge in [0.2, 0.25) is 0 Å². The van der Waals surface area contributed by atoms with E-state index in [0.29, 0.717) is 6.61 Å². The van der Waals surface area contributed by atoms with Crippen LogP contribution in [0.15, 0.2) is 30.3 Å². The van der Waals surface area contributed by atoms with Crippen molar-refractivity contribution < 1.29 is 14.6 Å². The molecule has 90 valence electrons. The van der Waals surface area contributed by atoms with Crippen LogP contribution >= 0.6 is 0 Å². The minimum absolute atomic E-state index is 0.224. The van der Waals surface area contributed by atoms with Crippen molar-refractivity contribution in [1.29, 1.82) is 0 Å². The number of hydrogen-bond acceptors (Lipinski definition) is 2. The molecule has 3 heteroatoms. The Labute approximate surface area is 100 Å². The molecule has 2 bridgehead atoms. The molecule has 3 nitrogen and oxygen atoms in total. The second-order valence-electron chi connectivity index (χ2n) is 5.23. The molecular weight excluding hydrogens is 216 g/mol. The minimum atomic E-state index is -0.695. The predicted molar refractivity (Wildman–Crippen MR) is 62.6 cm³/mol. The number of carboxylic acids is 1. The van der Waals surface area contributed by atoms with Gasteiger partial charge in [-0.25, -0.2) is 0 Å². The van der Waals surface area contributed by atoms with Crippen molar-refractivity contribution in [1.82, 2.24) is 0 Å². The first kappa shape index (κ1) is 10.8. The van der Waals surface area contributed by atoms with E-state index >= 15 is 0 Å². The van der Waals surface area contributed by atoms with Crippen LogP contribution in [0.4, 0.5) is 0 Å². The van der Waals surface area contributed by atoms with Crippen LogP contribution in [-0.4, -0.2) is 17.7 Å². The van der Waals surface area contributed by atoms with Crippen molar-refractivity contribution in [2.45, 2.75) is 31.3 Å². The van der Waals surface area contributed by atoms with Crippen LogP contribution in [0.3, 0.4) is 0 Å². The van der Waals surface area contributed by atoms with Crippen LogP contribution in [0.5, 0.6) is 0 Å². The van der Waals surface area contributed by atoms with Gasteiger partial charge >= 0.3 is 5.97 Å². The highest BCUT2D eigenvalue weighted by molar-refractivity contribution is 5.75. The van der Waals surface area contributed by atoms with Crippen molar-refractivity contribution in [3.63, 3.8) is 0 Å². The first-order valence-corrected chi connectivity index (χ1v) is 6.10. The predicted octanol–water partition coefficient (Wildman–Crippen LogP) is 2.56. The lowest BCUT2D eigenvalue weighted by molar-refractivity contribution is -0.205. The normalized spacial score (nSPS) is 35.8. The maximum absolute atomic E-state index is 11.3. The first-order chi connectivity index (χ1) is 8.17. The summed E-state index contributed by atoms with van der Waals surface area (Å²) < 4.78 is 5.93. The molecule has 4 rings (SSSR count). The number of carbonyl (C=O) groups is 1. The topological polar surface area (TPSA) is 46.5 Å². The molecule has 0 aromatic heterocycles. The number of aliphatic carboxylic acids is 1. The average molecular weight is 232 g/mol. The summed E-state index contributed by atoms with van der Waals surface area (Å²) in [5, 5.41) is 9.29. The third-order valence-electron chi connectivity index (χ3n) is 4.39. The van der Waals surface area contributed by atoms with Gasteiger partial charge in [0.05, 0.1) is 17.6 Å². The molecule has 1 N–H and O–H groups in total. The number of hydrogen-bond donors (Lipinski definition) is 1. The molecule has 0 spiro atoms. The molecule has 0 atom stereocenters. The molecule has 1 aromatic rings. The summed E-state index contributed by atoms with van der Waals surface area (Å²) in [6.07, 6.45) is 3.11. The van der Waals surface area contributed by atoms with Gasteiger partial charge in [-0.3, -0.25) is 4.79 Å². The van der Waals surface area contributed by atoms with E-state index in [4.69, 9.17) is 4.74 Å².